The van der Waals surface area contributed by atoms with Crippen LogP contribution in [-0.4, -0.2) is 38.3 Å². The zero-order chi connectivity index (χ0) is 15.5. The van der Waals surface area contributed by atoms with Gasteiger partial charge in [-0.15, -0.1) is 0 Å². The van der Waals surface area contributed by atoms with Crippen LogP contribution in [0, 0.1) is 0 Å². The molecule has 118 valence electrons. The first-order chi connectivity index (χ1) is 9.98. The Hall–Kier alpha value is -1.36. The van der Waals surface area contributed by atoms with E-state index in [4.69, 9.17) is 0 Å². The van der Waals surface area contributed by atoms with Crippen LogP contribution in [0.25, 0.3) is 0 Å². The molecule has 2 rings (SSSR count). The highest BCUT2D eigenvalue weighted by Gasteiger charge is 2.40. The van der Waals surface area contributed by atoms with Crippen molar-refractivity contribution in [2.24, 2.45) is 0 Å². The monoisotopic (exact) mass is 293 g/mol. The van der Waals surface area contributed by atoms with Crippen LogP contribution < -0.4 is 0 Å². The first kappa shape index (κ1) is 16.0. The van der Waals surface area contributed by atoms with Gasteiger partial charge in [0.2, 0.25) is 0 Å². The van der Waals surface area contributed by atoms with Crippen LogP contribution in [0.15, 0.2) is 12.4 Å². The Labute approximate surface area is 126 Å². The Bertz CT molecular complexity index is 478. The SMILES string of the molecule is CCn1cc(C(C)N(C)C2(CC(=O)O)CCCCC2)cn1. The molecule has 21 heavy (non-hydrogen) atoms. The lowest BCUT2D eigenvalue weighted by Crippen LogP contribution is -2.50. The minimum Gasteiger partial charge on any atom is -0.481 e. The third kappa shape index (κ3) is 3.46. The molecule has 5 nitrogen and oxygen atoms in total. The first-order valence-corrected chi connectivity index (χ1v) is 7.95. The van der Waals surface area contributed by atoms with Crippen molar-refractivity contribution in [2.75, 3.05) is 7.05 Å². The summed E-state index contributed by atoms with van der Waals surface area (Å²) in [6, 6.07) is 0.183. The molecule has 1 aromatic rings. The third-order valence-corrected chi connectivity index (χ3v) is 5.05. The predicted molar refractivity (Wildman–Crippen MR) is 82.1 cm³/mol. The molecule has 1 aliphatic carbocycles. The zero-order valence-corrected chi connectivity index (χ0v) is 13.4. The highest BCUT2D eigenvalue weighted by atomic mass is 16.4. The summed E-state index contributed by atoms with van der Waals surface area (Å²) in [5.41, 5.74) is 0.951. The Kier molecular flexibility index (Phi) is 5.04. The van der Waals surface area contributed by atoms with Gasteiger partial charge in [-0.05, 0) is 33.7 Å². The normalized spacial score (nSPS) is 19.6. The van der Waals surface area contributed by atoms with E-state index in [0.29, 0.717) is 0 Å². The summed E-state index contributed by atoms with van der Waals surface area (Å²) in [6.45, 7) is 5.07. The quantitative estimate of drug-likeness (QED) is 0.875. The molecule has 1 unspecified atom stereocenters. The van der Waals surface area contributed by atoms with E-state index >= 15 is 0 Å². The third-order valence-electron chi connectivity index (χ3n) is 5.05. The van der Waals surface area contributed by atoms with Gasteiger partial charge in [0.15, 0.2) is 0 Å². The Morgan fingerprint density at radius 2 is 2.14 bits per heavy atom. The first-order valence-electron chi connectivity index (χ1n) is 7.95. The van der Waals surface area contributed by atoms with Gasteiger partial charge >= 0.3 is 5.97 Å². The fourth-order valence-corrected chi connectivity index (χ4v) is 3.55. The summed E-state index contributed by atoms with van der Waals surface area (Å²) >= 11 is 0. The number of carbonyl (C=O) groups is 1. The van der Waals surface area contributed by atoms with Gasteiger partial charge in [0.1, 0.15) is 0 Å². The zero-order valence-electron chi connectivity index (χ0n) is 13.4. The van der Waals surface area contributed by atoms with Crippen LogP contribution in [-0.2, 0) is 11.3 Å². The van der Waals surface area contributed by atoms with Crippen LogP contribution in [0.3, 0.4) is 0 Å². The van der Waals surface area contributed by atoms with E-state index in [1.807, 2.05) is 10.9 Å². The molecule has 1 atom stereocenters. The van der Waals surface area contributed by atoms with Crippen molar-refractivity contribution < 1.29 is 9.90 Å². The van der Waals surface area contributed by atoms with Gasteiger partial charge in [0.05, 0.1) is 12.6 Å². The van der Waals surface area contributed by atoms with E-state index in [9.17, 15) is 9.90 Å². The summed E-state index contributed by atoms with van der Waals surface area (Å²) in [5, 5.41) is 13.7. The molecule has 1 fully saturated rings. The van der Waals surface area contributed by atoms with E-state index in [-0.39, 0.29) is 18.0 Å². The van der Waals surface area contributed by atoms with Gasteiger partial charge in [0, 0.05) is 29.9 Å². The Morgan fingerprint density at radius 1 is 1.48 bits per heavy atom. The minimum atomic E-state index is -0.694. The second-order valence-electron chi connectivity index (χ2n) is 6.27. The van der Waals surface area contributed by atoms with Crippen molar-refractivity contribution in [1.82, 2.24) is 14.7 Å². The number of carboxylic acid groups (broad SMARTS) is 1. The van der Waals surface area contributed by atoms with E-state index in [2.05, 4.69) is 37.1 Å². The molecule has 1 heterocycles. The summed E-state index contributed by atoms with van der Waals surface area (Å²) in [4.78, 5) is 13.6. The molecule has 0 radical (unpaired) electrons. The molecule has 1 N–H and O–H groups in total. The number of nitrogens with zero attached hydrogens (tertiary/aromatic N) is 3. The maximum atomic E-state index is 11.3. The maximum Gasteiger partial charge on any atom is 0.305 e. The lowest BCUT2D eigenvalue weighted by molar-refractivity contribution is -0.141. The molecule has 0 bridgehead atoms. The minimum absolute atomic E-state index is 0.183. The topological polar surface area (TPSA) is 58.4 Å². The van der Waals surface area contributed by atoms with Crippen LogP contribution in [0.4, 0.5) is 0 Å². The number of aryl methyl sites for hydroxylation is 1. The van der Waals surface area contributed by atoms with Crippen LogP contribution in [0.1, 0.15) is 64.0 Å². The van der Waals surface area contributed by atoms with E-state index in [0.717, 1.165) is 37.8 Å². The number of carboxylic acids is 1. The molecule has 0 spiro atoms. The van der Waals surface area contributed by atoms with Crippen molar-refractivity contribution in [3.63, 3.8) is 0 Å². The summed E-state index contributed by atoms with van der Waals surface area (Å²) in [7, 11) is 2.07. The smallest absolute Gasteiger partial charge is 0.305 e. The van der Waals surface area contributed by atoms with E-state index < -0.39 is 5.97 Å². The molecule has 0 aliphatic heterocycles. The van der Waals surface area contributed by atoms with Crippen molar-refractivity contribution in [1.29, 1.82) is 0 Å². The Morgan fingerprint density at radius 3 is 2.67 bits per heavy atom. The standard InChI is InChI=1S/C16H27N3O2/c1-4-19-12-14(11-17-19)13(2)18(3)16(10-15(20)21)8-6-5-7-9-16/h11-13H,4-10H2,1-3H3,(H,20,21). The number of aromatic nitrogens is 2. The van der Waals surface area contributed by atoms with Crippen LogP contribution >= 0.6 is 0 Å². The van der Waals surface area contributed by atoms with Crippen LogP contribution in [0.2, 0.25) is 0 Å². The molecule has 5 heteroatoms. The number of aliphatic carboxylic acids is 1. The molecule has 0 aromatic carbocycles. The van der Waals surface area contributed by atoms with Gasteiger partial charge < -0.3 is 5.11 Å². The van der Waals surface area contributed by atoms with Gasteiger partial charge in [0.25, 0.3) is 0 Å². The second-order valence-corrected chi connectivity index (χ2v) is 6.27. The Balaban J connectivity index is 2.20. The fraction of sp³-hybridized carbons (Fsp3) is 0.750. The van der Waals surface area contributed by atoms with Gasteiger partial charge in [-0.2, -0.15) is 5.10 Å². The lowest BCUT2D eigenvalue weighted by Gasteiger charge is -2.46. The van der Waals surface area contributed by atoms with Gasteiger partial charge in [-0.25, -0.2) is 0 Å². The average Bonchev–Trinajstić information content (AvgIpc) is 2.95. The molecule has 0 amide bonds. The van der Waals surface area contributed by atoms with Gasteiger partial charge in [-0.3, -0.25) is 14.4 Å². The molecular formula is C16H27N3O2. The lowest BCUT2D eigenvalue weighted by atomic mass is 9.77. The fourth-order valence-electron chi connectivity index (χ4n) is 3.55. The van der Waals surface area contributed by atoms with Crippen LogP contribution in [0.5, 0.6) is 0 Å². The molecular weight excluding hydrogens is 266 g/mol. The maximum absolute atomic E-state index is 11.3. The summed E-state index contributed by atoms with van der Waals surface area (Å²) in [5.74, 6) is -0.694. The highest BCUT2D eigenvalue weighted by molar-refractivity contribution is 5.68. The van der Waals surface area contributed by atoms with Crippen molar-refractivity contribution in [2.45, 2.75) is 70.5 Å². The second kappa shape index (κ2) is 6.60. The predicted octanol–water partition coefficient (Wildman–Crippen LogP) is 3.07. The van der Waals surface area contributed by atoms with Crippen molar-refractivity contribution in [3.05, 3.63) is 18.0 Å². The van der Waals surface area contributed by atoms with Crippen molar-refractivity contribution >= 4 is 5.97 Å². The van der Waals surface area contributed by atoms with Gasteiger partial charge in [-0.1, -0.05) is 19.3 Å². The molecule has 1 aliphatic rings. The number of rotatable bonds is 6. The van der Waals surface area contributed by atoms with E-state index in [1.165, 1.54) is 6.42 Å². The average molecular weight is 293 g/mol. The number of hydrogen-bond acceptors (Lipinski definition) is 3. The molecule has 0 saturated heterocycles. The largest absolute Gasteiger partial charge is 0.481 e. The summed E-state index contributed by atoms with van der Waals surface area (Å²) in [6.07, 6.45) is 9.62. The molecule has 1 saturated carbocycles. The molecule has 1 aromatic heterocycles. The highest BCUT2D eigenvalue weighted by Crippen LogP contribution is 2.40. The van der Waals surface area contributed by atoms with Crippen molar-refractivity contribution in [3.8, 4) is 0 Å². The summed E-state index contributed by atoms with van der Waals surface area (Å²) < 4.78 is 1.92. The number of hydrogen-bond donors (Lipinski definition) is 1. The van der Waals surface area contributed by atoms with E-state index in [1.54, 1.807) is 0 Å².